The van der Waals surface area contributed by atoms with Gasteiger partial charge in [0, 0.05) is 23.3 Å². The Kier molecular flexibility index (Phi) is 4.12. The number of anilines is 2. The van der Waals surface area contributed by atoms with Gasteiger partial charge < -0.3 is 11.1 Å². The van der Waals surface area contributed by atoms with E-state index in [1.807, 2.05) is 31.2 Å². The Morgan fingerprint density at radius 3 is 2.94 bits per heavy atom. The van der Waals surface area contributed by atoms with Crippen molar-refractivity contribution in [2.45, 2.75) is 13.3 Å². The molecule has 0 bridgehead atoms. The van der Waals surface area contributed by atoms with Crippen LogP contribution in [0.2, 0.25) is 5.02 Å². The molecule has 1 aromatic carbocycles. The first-order valence-electron chi connectivity index (χ1n) is 5.74. The van der Waals surface area contributed by atoms with Gasteiger partial charge in [-0.05, 0) is 37.2 Å². The molecule has 18 heavy (non-hydrogen) atoms. The van der Waals surface area contributed by atoms with Crippen molar-refractivity contribution in [3.8, 4) is 0 Å². The molecule has 1 aromatic heterocycles. The van der Waals surface area contributed by atoms with Gasteiger partial charge in [-0.3, -0.25) is 0 Å². The lowest BCUT2D eigenvalue weighted by Gasteiger charge is -2.09. The van der Waals surface area contributed by atoms with E-state index in [4.69, 9.17) is 17.3 Å². The van der Waals surface area contributed by atoms with Crippen molar-refractivity contribution < 1.29 is 0 Å². The first-order valence-corrected chi connectivity index (χ1v) is 6.12. The van der Waals surface area contributed by atoms with Gasteiger partial charge in [-0.1, -0.05) is 17.7 Å². The SMILES string of the molecule is Cc1ccc(Cl)cc1Nc1ccnc(CCN)n1. The predicted molar refractivity (Wildman–Crippen MR) is 74.3 cm³/mol. The summed E-state index contributed by atoms with van der Waals surface area (Å²) in [6, 6.07) is 7.52. The van der Waals surface area contributed by atoms with Crippen LogP contribution in [0.4, 0.5) is 11.5 Å². The molecular formula is C13H15ClN4. The zero-order valence-electron chi connectivity index (χ0n) is 10.2. The van der Waals surface area contributed by atoms with E-state index >= 15 is 0 Å². The van der Waals surface area contributed by atoms with Gasteiger partial charge in [0.05, 0.1) is 0 Å². The van der Waals surface area contributed by atoms with Crippen LogP contribution in [0.25, 0.3) is 0 Å². The molecule has 2 aromatic rings. The van der Waals surface area contributed by atoms with Crippen LogP contribution in [0.1, 0.15) is 11.4 Å². The molecule has 94 valence electrons. The highest BCUT2D eigenvalue weighted by Crippen LogP contribution is 2.23. The van der Waals surface area contributed by atoms with Crippen molar-refractivity contribution in [1.82, 2.24) is 9.97 Å². The second-order valence-corrected chi connectivity index (χ2v) is 4.42. The highest BCUT2D eigenvalue weighted by atomic mass is 35.5. The van der Waals surface area contributed by atoms with Gasteiger partial charge in [0.2, 0.25) is 0 Å². The quantitative estimate of drug-likeness (QED) is 0.889. The largest absolute Gasteiger partial charge is 0.340 e. The number of nitrogens with one attached hydrogen (secondary N) is 1. The maximum Gasteiger partial charge on any atom is 0.134 e. The minimum Gasteiger partial charge on any atom is -0.340 e. The van der Waals surface area contributed by atoms with Crippen LogP contribution in [-0.2, 0) is 6.42 Å². The van der Waals surface area contributed by atoms with Crippen molar-refractivity contribution in [3.05, 3.63) is 46.9 Å². The smallest absolute Gasteiger partial charge is 0.134 e. The topological polar surface area (TPSA) is 63.8 Å². The fraction of sp³-hybridized carbons (Fsp3) is 0.231. The molecule has 0 aliphatic heterocycles. The molecule has 0 aliphatic carbocycles. The van der Waals surface area contributed by atoms with E-state index in [1.165, 1.54) is 0 Å². The van der Waals surface area contributed by atoms with E-state index in [9.17, 15) is 0 Å². The number of aromatic nitrogens is 2. The Morgan fingerprint density at radius 1 is 1.33 bits per heavy atom. The van der Waals surface area contributed by atoms with Crippen molar-refractivity contribution in [3.63, 3.8) is 0 Å². The second kappa shape index (κ2) is 5.80. The van der Waals surface area contributed by atoms with Crippen molar-refractivity contribution in [1.29, 1.82) is 0 Å². The Morgan fingerprint density at radius 2 is 2.17 bits per heavy atom. The summed E-state index contributed by atoms with van der Waals surface area (Å²) in [6.07, 6.45) is 2.39. The lowest BCUT2D eigenvalue weighted by atomic mass is 10.2. The van der Waals surface area contributed by atoms with Gasteiger partial charge in [0.1, 0.15) is 11.6 Å². The highest BCUT2D eigenvalue weighted by Gasteiger charge is 2.02. The Hall–Kier alpha value is -1.65. The molecule has 0 unspecified atom stereocenters. The molecule has 3 N–H and O–H groups in total. The Labute approximate surface area is 111 Å². The highest BCUT2D eigenvalue weighted by molar-refractivity contribution is 6.30. The van der Waals surface area contributed by atoms with Gasteiger partial charge in [0.15, 0.2) is 0 Å². The first kappa shape index (κ1) is 12.8. The molecule has 4 nitrogen and oxygen atoms in total. The number of halogens is 1. The molecule has 5 heteroatoms. The summed E-state index contributed by atoms with van der Waals surface area (Å²) < 4.78 is 0. The van der Waals surface area contributed by atoms with E-state index < -0.39 is 0 Å². The average molecular weight is 263 g/mol. The van der Waals surface area contributed by atoms with Gasteiger partial charge >= 0.3 is 0 Å². The van der Waals surface area contributed by atoms with Crippen LogP contribution in [-0.4, -0.2) is 16.5 Å². The zero-order chi connectivity index (χ0) is 13.0. The predicted octanol–water partition coefficient (Wildman–Crippen LogP) is 2.68. The summed E-state index contributed by atoms with van der Waals surface area (Å²) in [4.78, 5) is 8.54. The number of hydrogen-bond donors (Lipinski definition) is 2. The van der Waals surface area contributed by atoms with Gasteiger partial charge in [-0.25, -0.2) is 9.97 Å². The minimum absolute atomic E-state index is 0.541. The lowest BCUT2D eigenvalue weighted by Crippen LogP contribution is -2.07. The third-order valence-corrected chi connectivity index (χ3v) is 2.77. The Bertz CT molecular complexity index is 542. The van der Waals surface area contributed by atoms with E-state index in [-0.39, 0.29) is 0 Å². The standard InChI is InChI=1S/C13H15ClN4/c1-9-2-3-10(14)8-11(9)17-13-5-7-16-12(18-13)4-6-15/h2-3,5,7-8H,4,6,15H2,1H3,(H,16,17,18). The van der Waals surface area contributed by atoms with Crippen LogP contribution in [0.3, 0.4) is 0 Å². The average Bonchev–Trinajstić information content (AvgIpc) is 2.35. The molecule has 2 rings (SSSR count). The molecule has 0 amide bonds. The summed E-state index contributed by atoms with van der Waals surface area (Å²) in [6.45, 7) is 2.56. The summed E-state index contributed by atoms with van der Waals surface area (Å²) in [7, 11) is 0. The van der Waals surface area contributed by atoms with E-state index in [1.54, 1.807) is 6.20 Å². The maximum atomic E-state index is 5.97. The summed E-state index contributed by atoms with van der Waals surface area (Å²) in [5, 5.41) is 3.93. The number of nitrogens with two attached hydrogens (primary N) is 1. The van der Waals surface area contributed by atoms with E-state index in [0.717, 1.165) is 22.9 Å². The van der Waals surface area contributed by atoms with E-state index in [0.29, 0.717) is 18.0 Å². The third-order valence-electron chi connectivity index (χ3n) is 2.54. The van der Waals surface area contributed by atoms with E-state index in [2.05, 4.69) is 15.3 Å². The fourth-order valence-electron chi connectivity index (χ4n) is 1.59. The van der Waals surface area contributed by atoms with Crippen molar-refractivity contribution >= 4 is 23.1 Å². The lowest BCUT2D eigenvalue weighted by molar-refractivity contribution is 0.869. The molecule has 0 radical (unpaired) electrons. The van der Waals surface area contributed by atoms with Gasteiger partial charge in [-0.15, -0.1) is 0 Å². The number of benzene rings is 1. The van der Waals surface area contributed by atoms with Crippen LogP contribution in [0.15, 0.2) is 30.5 Å². The number of rotatable bonds is 4. The molecule has 0 spiro atoms. The second-order valence-electron chi connectivity index (χ2n) is 3.98. The summed E-state index contributed by atoms with van der Waals surface area (Å²) >= 11 is 5.97. The van der Waals surface area contributed by atoms with Crippen LogP contribution in [0.5, 0.6) is 0 Å². The molecule has 0 aliphatic rings. The summed E-state index contributed by atoms with van der Waals surface area (Å²) in [5.74, 6) is 1.49. The fourth-order valence-corrected chi connectivity index (χ4v) is 1.76. The monoisotopic (exact) mass is 262 g/mol. The molecule has 0 fully saturated rings. The van der Waals surface area contributed by atoms with Crippen LogP contribution < -0.4 is 11.1 Å². The number of nitrogens with zero attached hydrogens (tertiary/aromatic N) is 2. The van der Waals surface area contributed by atoms with Gasteiger partial charge in [-0.2, -0.15) is 0 Å². The maximum absolute atomic E-state index is 5.97. The molecule has 0 saturated heterocycles. The van der Waals surface area contributed by atoms with Crippen LogP contribution >= 0.6 is 11.6 Å². The number of aryl methyl sites for hydroxylation is 1. The first-order chi connectivity index (χ1) is 8.69. The zero-order valence-corrected chi connectivity index (χ0v) is 10.9. The van der Waals surface area contributed by atoms with Crippen molar-refractivity contribution in [2.24, 2.45) is 5.73 Å². The molecule has 0 saturated carbocycles. The number of hydrogen-bond acceptors (Lipinski definition) is 4. The minimum atomic E-state index is 0.541. The molecule has 1 heterocycles. The third kappa shape index (κ3) is 3.18. The normalized spacial score (nSPS) is 10.4. The Balaban J connectivity index is 2.22. The van der Waals surface area contributed by atoms with Crippen LogP contribution in [0, 0.1) is 6.92 Å². The molecule has 0 atom stereocenters. The van der Waals surface area contributed by atoms with Gasteiger partial charge in [0.25, 0.3) is 0 Å². The molecular weight excluding hydrogens is 248 g/mol. The summed E-state index contributed by atoms with van der Waals surface area (Å²) in [5.41, 5.74) is 7.54. The van der Waals surface area contributed by atoms with Crippen molar-refractivity contribution in [2.75, 3.05) is 11.9 Å².